The maximum atomic E-state index is 5.39. The minimum Gasteiger partial charge on any atom is -0.497 e. The molecule has 0 saturated carbocycles. The molecule has 1 saturated heterocycles. The van der Waals surface area contributed by atoms with Gasteiger partial charge in [-0.15, -0.1) is 0 Å². The predicted molar refractivity (Wildman–Crippen MR) is 94.9 cm³/mol. The minimum atomic E-state index is 0.452. The topological polar surface area (TPSA) is 30.9 Å². The van der Waals surface area contributed by atoms with Crippen molar-refractivity contribution in [3.8, 4) is 17.2 Å². The molecular formula is C20H25NO3. The minimum absolute atomic E-state index is 0.452. The molecular weight excluding hydrogens is 302 g/mol. The maximum absolute atomic E-state index is 5.39. The number of rotatable bonds is 6. The molecule has 0 aliphatic carbocycles. The first kappa shape index (κ1) is 16.7. The molecule has 3 rings (SSSR count). The van der Waals surface area contributed by atoms with E-state index in [1.807, 2.05) is 18.2 Å². The van der Waals surface area contributed by atoms with Crippen molar-refractivity contribution in [3.05, 3.63) is 53.6 Å². The Morgan fingerprint density at radius 3 is 2.08 bits per heavy atom. The molecule has 0 aromatic heterocycles. The van der Waals surface area contributed by atoms with Crippen molar-refractivity contribution in [1.82, 2.24) is 4.90 Å². The second kappa shape index (κ2) is 7.58. The van der Waals surface area contributed by atoms with Gasteiger partial charge < -0.3 is 14.2 Å². The van der Waals surface area contributed by atoms with Gasteiger partial charge in [0.25, 0.3) is 0 Å². The summed E-state index contributed by atoms with van der Waals surface area (Å²) in [5.41, 5.74) is 2.56. The van der Waals surface area contributed by atoms with Gasteiger partial charge in [-0.1, -0.05) is 12.1 Å². The lowest BCUT2D eigenvalue weighted by atomic mass is 10.0. The van der Waals surface area contributed by atoms with E-state index in [1.165, 1.54) is 24.0 Å². The molecule has 1 fully saturated rings. The summed E-state index contributed by atoms with van der Waals surface area (Å²) >= 11 is 0. The van der Waals surface area contributed by atoms with Crippen molar-refractivity contribution in [2.24, 2.45) is 0 Å². The Balaban J connectivity index is 1.78. The SMILES string of the molecule is COc1ccc(C2CCCN2Cc2cc(OC)cc(OC)c2)cc1. The summed E-state index contributed by atoms with van der Waals surface area (Å²) in [5.74, 6) is 2.58. The molecule has 0 bridgehead atoms. The molecule has 1 heterocycles. The number of hydrogen-bond donors (Lipinski definition) is 0. The van der Waals surface area contributed by atoms with Crippen LogP contribution in [0.4, 0.5) is 0 Å². The van der Waals surface area contributed by atoms with Crippen molar-refractivity contribution < 1.29 is 14.2 Å². The lowest BCUT2D eigenvalue weighted by Crippen LogP contribution is -2.22. The summed E-state index contributed by atoms with van der Waals surface area (Å²) in [6, 6.07) is 15.0. The molecule has 2 aromatic carbocycles. The first-order valence-corrected chi connectivity index (χ1v) is 8.33. The van der Waals surface area contributed by atoms with Crippen LogP contribution in [0.1, 0.15) is 30.0 Å². The fourth-order valence-corrected chi connectivity index (χ4v) is 3.41. The quantitative estimate of drug-likeness (QED) is 0.801. The van der Waals surface area contributed by atoms with Crippen LogP contribution in [-0.4, -0.2) is 32.8 Å². The second-order valence-corrected chi connectivity index (χ2v) is 6.12. The van der Waals surface area contributed by atoms with Crippen molar-refractivity contribution in [2.75, 3.05) is 27.9 Å². The highest BCUT2D eigenvalue weighted by Gasteiger charge is 2.26. The van der Waals surface area contributed by atoms with Crippen molar-refractivity contribution in [2.45, 2.75) is 25.4 Å². The zero-order valence-corrected chi connectivity index (χ0v) is 14.6. The fraction of sp³-hybridized carbons (Fsp3) is 0.400. The molecule has 0 N–H and O–H groups in total. The normalized spacial score (nSPS) is 17.7. The maximum Gasteiger partial charge on any atom is 0.122 e. The molecule has 1 unspecified atom stereocenters. The Kier molecular flexibility index (Phi) is 5.26. The molecule has 128 valence electrons. The van der Waals surface area contributed by atoms with Gasteiger partial charge in [0.05, 0.1) is 21.3 Å². The van der Waals surface area contributed by atoms with E-state index in [9.17, 15) is 0 Å². The van der Waals surface area contributed by atoms with Gasteiger partial charge in [-0.25, -0.2) is 0 Å². The fourth-order valence-electron chi connectivity index (χ4n) is 3.41. The van der Waals surface area contributed by atoms with E-state index in [1.54, 1.807) is 21.3 Å². The highest BCUT2D eigenvalue weighted by Crippen LogP contribution is 2.35. The zero-order chi connectivity index (χ0) is 16.9. The highest BCUT2D eigenvalue weighted by atomic mass is 16.5. The van der Waals surface area contributed by atoms with E-state index in [4.69, 9.17) is 14.2 Å². The number of hydrogen-bond acceptors (Lipinski definition) is 4. The van der Waals surface area contributed by atoms with Crippen LogP contribution in [0.2, 0.25) is 0 Å². The Labute approximate surface area is 144 Å². The van der Waals surface area contributed by atoms with Gasteiger partial charge >= 0.3 is 0 Å². The predicted octanol–water partition coefficient (Wildman–Crippen LogP) is 4.05. The first-order chi connectivity index (χ1) is 11.7. The van der Waals surface area contributed by atoms with E-state index in [0.717, 1.165) is 30.3 Å². The Bertz CT molecular complexity index is 647. The molecule has 24 heavy (non-hydrogen) atoms. The molecule has 4 nitrogen and oxygen atoms in total. The van der Waals surface area contributed by atoms with Gasteiger partial charge in [-0.3, -0.25) is 4.90 Å². The van der Waals surface area contributed by atoms with Crippen LogP contribution in [-0.2, 0) is 6.54 Å². The zero-order valence-electron chi connectivity index (χ0n) is 14.6. The monoisotopic (exact) mass is 327 g/mol. The van der Waals surface area contributed by atoms with E-state index >= 15 is 0 Å². The second-order valence-electron chi connectivity index (χ2n) is 6.12. The van der Waals surface area contributed by atoms with Gasteiger partial charge in [0.1, 0.15) is 17.2 Å². The molecule has 1 aliphatic heterocycles. The summed E-state index contributed by atoms with van der Waals surface area (Å²) in [5, 5.41) is 0. The summed E-state index contributed by atoms with van der Waals surface area (Å²) in [6.07, 6.45) is 2.41. The molecule has 2 aromatic rings. The van der Waals surface area contributed by atoms with Gasteiger partial charge in [0.2, 0.25) is 0 Å². The standard InChI is InChI=1S/C20H25NO3/c1-22-17-8-6-16(7-9-17)20-5-4-10-21(20)14-15-11-18(23-2)13-19(12-15)24-3/h6-9,11-13,20H,4-5,10,14H2,1-3H3. The van der Waals surface area contributed by atoms with Gasteiger partial charge in [0.15, 0.2) is 0 Å². The summed E-state index contributed by atoms with van der Waals surface area (Å²) in [4.78, 5) is 2.52. The van der Waals surface area contributed by atoms with E-state index in [-0.39, 0.29) is 0 Å². The van der Waals surface area contributed by atoms with Crippen LogP contribution in [0.3, 0.4) is 0 Å². The van der Waals surface area contributed by atoms with Gasteiger partial charge in [-0.05, 0) is 54.8 Å². The Hall–Kier alpha value is -2.20. The molecule has 1 aliphatic rings. The smallest absolute Gasteiger partial charge is 0.122 e. The molecule has 0 radical (unpaired) electrons. The molecule has 0 amide bonds. The first-order valence-electron chi connectivity index (χ1n) is 8.33. The van der Waals surface area contributed by atoms with Crippen LogP contribution in [0, 0.1) is 0 Å². The summed E-state index contributed by atoms with van der Waals surface area (Å²) < 4.78 is 16.0. The average Bonchev–Trinajstić information content (AvgIpc) is 3.09. The number of likely N-dealkylation sites (tertiary alicyclic amines) is 1. The third-order valence-corrected chi connectivity index (χ3v) is 4.66. The third-order valence-electron chi connectivity index (χ3n) is 4.66. The third kappa shape index (κ3) is 3.65. The number of nitrogens with zero attached hydrogens (tertiary/aromatic N) is 1. The van der Waals surface area contributed by atoms with Gasteiger partial charge in [-0.2, -0.15) is 0 Å². The van der Waals surface area contributed by atoms with Crippen LogP contribution in [0.5, 0.6) is 17.2 Å². The molecule has 4 heteroatoms. The average molecular weight is 327 g/mol. The van der Waals surface area contributed by atoms with Crippen LogP contribution in [0.15, 0.2) is 42.5 Å². The van der Waals surface area contributed by atoms with Crippen LogP contribution < -0.4 is 14.2 Å². The molecule has 1 atom stereocenters. The van der Waals surface area contributed by atoms with Crippen molar-refractivity contribution >= 4 is 0 Å². The Morgan fingerprint density at radius 2 is 1.50 bits per heavy atom. The van der Waals surface area contributed by atoms with Crippen molar-refractivity contribution in [1.29, 1.82) is 0 Å². The lowest BCUT2D eigenvalue weighted by Gasteiger charge is -2.25. The molecule has 0 spiro atoms. The van der Waals surface area contributed by atoms with Crippen molar-refractivity contribution in [3.63, 3.8) is 0 Å². The van der Waals surface area contributed by atoms with E-state index in [2.05, 4.69) is 29.2 Å². The Morgan fingerprint density at radius 1 is 0.875 bits per heavy atom. The lowest BCUT2D eigenvalue weighted by molar-refractivity contribution is 0.247. The van der Waals surface area contributed by atoms with Crippen LogP contribution >= 0.6 is 0 Å². The van der Waals surface area contributed by atoms with E-state index in [0.29, 0.717) is 6.04 Å². The summed E-state index contributed by atoms with van der Waals surface area (Å²) in [7, 11) is 5.08. The number of methoxy groups -OCH3 is 3. The van der Waals surface area contributed by atoms with Gasteiger partial charge in [0, 0.05) is 18.7 Å². The van der Waals surface area contributed by atoms with Crippen LogP contribution in [0.25, 0.3) is 0 Å². The van der Waals surface area contributed by atoms with E-state index < -0.39 is 0 Å². The highest BCUT2D eigenvalue weighted by molar-refractivity contribution is 5.38. The number of ether oxygens (including phenoxy) is 3. The number of benzene rings is 2. The largest absolute Gasteiger partial charge is 0.497 e. The summed E-state index contributed by atoms with van der Waals surface area (Å²) in [6.45, 7) is 2.00.